The maximum atomic E-state index is 12.5. The van der Waals surface area contributed by atoms with Crippen molar-refractivity contribution in [1.29, 1.82) is 5.26 Å². The molecule has 0 spiro atoms. The second kappa shape index (κ2) is 8.18. The van der Waals surface area contributed by atoms with E-state index in [0.717, 1.165) is 6.07 Å². The van der Waals surface area contributed by atoms with Crippen molar-refractivity contribution < 1.29 is 29.0 Å². The van der Waals surface area contributed by atoms with Gasteiger partial charge in [0.25, 0.3) is 11.6 Å². The summed E-state index contributed by atoms with van der Waals surface area (Å²) in [7, 11) is 1.39. The van der Waals surface area contributed by atoms with Crippen LogP contribution in [0.5, 0.6) is 23.0 Å². The zero-order valence-corrected chi connectivity index (χ0v) is 15.2. The maximum Gasteiger partial charge on any atom is 0.296 e. The Hall–Kier alpha value is -4.26. The third-order valence-corrected chi connectivity index (χ3v) is 3.98. The lowest BCUT2D eigenvalue weighted by Gasteiger charge is -2.19. The third-order valence-electron chi connectivity index (χ3n) is 3.98. The first-order valence-electron chi connectivity index (χ1n) is 8.31. The summed E-state index contributed by atoms with van der Waals surface area (Å²) < 4.78 is 15.6. The van der Waals surface area contributed by atoms with Crippen LogP contribution < -0.4 is 19.5 Å². The number of ether oxygens (including phenoxy) is 3. The number of methoxy groups -OCH3 is 1. The van der Waals surface area contributed by atoms with Crippen molar-refractivity contribution in [3.05, 3.63) is 51.6 Å². The highest BCUT2D eigenvalue weighted by atomic mass is 16.6. The number of nitrogens with zero attached hydrogens (tertiary/aromatic N) is 2. The summed E-state index contributed by atoms with van der Waals surface area (Å²) in [5.41, 5.74) is -0.490. The molecule has 2 aromatic carbocycles. The number of anilines is 1. The number of fused-ring (bicyclic) bond motifs is 1. The van der Waals surface area contributed by atoms with E-state index >= 15 is 0 Å². The monoisotopic (exact) mass is 397 g/mol. The minimum Gasteiger partial charge on any atom is -0.504 e. The fraction of sp³-hybridized carbons (Fsp3) is 0.158. The van der Waals surface area contributed by atoms with Crippen molar-refractivity contribution in [2.24, 2.45) is 0 Å². The highest BCUT2D eigenvalue weighted by molar-refractivity contribution is 6.10. The molecule has 1 amide bonds. The molecule has 10 heteroatoms. The minimum atomic E-state index is -0.859. The van der Waals surface area contributed by atoms with Gasteiger partial charge in [-0.15, -0.1) is 0 Å². The van der Waals surface area contributed by atoms with Gasteiger partial charge in [0, 0.05) is 6.07 Å². The number of hydrogen-bond acceptors (Lipinski definition) is 8. The van der Waals surface area contributed by atoms with Crippen LogP contribution in [0.15, 0.2) is 35.9 Å². The summed E-state index contributed by atoms with van der Waals surface area (Å²) in [6.07, 6.45) is 1.23. The molecule has 0 radical (unpaired) electrons. The number of rotatable bonds is 5. The summed E-state index contributed by atoms with van der Waals surface area (Å²) >= 11 is 0. The van der Waals surface area contributed by atoms with E-state index in [9.17, 15) is 25.3 Å². The van der Waals surface area contributed by atoms with Gasteiger partial charge in [-0.3, -0.25) is 14.9 Å². The summed E-state index contributed by atoms with van der Waals surface area (Å²) in [6.45, 7) is 0.522. The molecule has 2 N–H and O–H groups in total. The van der Waals surface area contributed by atoms with Crippen molar-refractivity contribution in [2.75, 3.05) is 25.6 Å². The summed E-state index contributed by atoms with van der Waals surface area (Å²) in [5, 5.41) is 32.9. The molecule has 1 heterocycles. The first-order valence-corrected chi connectivity index (χ1v) is 8.31. The molecule has 1 aliphatic heterocycles. The van der Waals surface area contributed by atoms with Crippen LogP contribution in [0.4, 0.5) is 11.4 Å². The van der Waals surface area contributed by atoms with Crippen molar-refractivity contribution in [1.82, 2.24) is 0 Å². The highest BCUT2D eigenvalue weighted by Gasteiger charge is 2.24. The molecular weight excluding hydrogens is 382 g/mol. The molecule has 0 saturated carbocycles. The van der Waals surface area contributed by atoms with Crippen LogP contribution in [0.2, 0.25) is 0 Å². The summed E-state index contributed by atoms with van der Waals surface area (Å²) in [6, 6.07) is 8.50. The fourth-order valence-corrected chi connectivity index (χ4v) is 2.63. The number of aromatic hydroxyl groups is 1. The molecule has 29 heavy (non-hydrogen) atoms. The van der Waals surface area contributed by atoms with E-state index in [1.807, 2.05) is 0 Å². The van der Waals surface area contributed by atoms with Crippen LogP contribution in [0.1, 0.15) is 5.56 Å². The van der Waals surface area contributed by atoms with Crippen molar-refractivity contribution in [3.8, 4) is 29.1 Å². The average molecular weight is 397 g/mol. The van der Waals surface area contributed by atoms with Crippen molar-refractivity contribution >= 4 is 23.4 Å². The van der Waals surface area contributed by atoms with Gasteiger partial charge in [-0.1, -0.05) is 6.07 Å². The van der Waals surface area contributed by atoms with Gasteiger partial charge in [0.05, 0.1) is 18.1 Å². The Kier molecular flexibility index (Phi) is 5.50. The van der Waals surface area contributed by atoms with E-state index in [0.29, 0.717) is 5.56 Å². The van der Waals surface area contributed by atoms with Gasteiger partial charge < -0.3 is 24.6 Å². The number of nitrogens with one attached hydrogen (secondary N) is 1. The molecule has 0 fully saturated rings. The van der Waals surface area contributed by atoms with Gasteiger partial charge in [0.1, 0.15) is 30.5 Å². The molecule has 0 bridgehead atoms. The molecular formula is C19H15N3O7. The first-order chi connectivity index (χ1) is 13.9. The zero-order valence-electron chi connectivity index (χ0n) is 15.2. The first kappa shape index (κ1) is 19.5. The number of amides is 1. The van der Waals surface area contributed by atoms with Gasteiger partial charge in [-0.25, -0.2) is 0 Å². The van der Waals surface area contributed by atoms with Crippen LogP contribution in [0, 0.1) is 21.4 Å². The Morgan fingerprint density at radius 1 is 1.31 bits per heavy atom. The fourth-order valence-electron chi connectivity index (χ4n) is 2.63. The number of nitro benzene ring substituents is 1. The Balaban J connectivity index is 1.91. The molecule has 2 aromatic rings. The SMILES string of the molecule is COc1ccc(C=C(C#N)C(=O)Nc2cc3c(cc2[N+](=O)[O-])OCCO3)cc1O. The van der Waals surface area contributed by atoms with Crippen LogP contribution in [-0.2, 0) is 4.79 Å². The normalized spacial score (nSPS) is 12.6. The van der Waals surface area contributed by atoms with Crippen molar-refractivity contribution in [3.63, 3.8) is 0 Å². The highest BCUT2D eigenvalue weighted by Crippen LogP contribution is 2.39. The number of hydrogen-bond donors (Lipinski definition) is 2. The molecule has 10 nitrogen and oxygen atoms in total. The smallest absolute Gasteiger partial charge is 0.296 e. The van der Waals surface area contributed by atoms with Gasteiger partial charge in [-0.05, 0) is 23.8 Å². The molecule has 0 aliphatic carbocycles. The van der Waals surface area contributed by atoms with E-state index in [1.165, 1.54) is 37.5 Å². The maximum absolute atomic E-state index is 12.5. The number of carbonyl (C=O) groups excluding carboxylic acids is 1. The predicted octanol–water partition coefficient (Wildman–Crippen LogP) is 2.63. The number of carbonyl (C=O) groups is 1. The summed E-state index contributed by atoms with van der Waals surface area (Å²) in [5.74, 6) is -0.341. The number of phenolic OH excluding ortho intramolecular Hbond substituents is 1. The Morgan fingerprint density at radius 2 is 2.00 bits per heavy atom. The van der Waals surface area contributed by atoms with Crippen LogP contribution in [-0.4, -0.2) is 36.3 Å². The number of benzene rings is 2. The quantitative estimate of drug-likeness (QED) is 0.339. The van der Waals surface area contributed by atoms with Gasteiger partial charge in [0.2, 0.25) is 0 Å². The Bertz CT molecular complexity index is 1060. The molecule has 3 rings (SSSR count). The molecule has 0 aromatic heterocycles. The Morgan fingerprint density at radius 3 is 2.59 bits per heavy atom. The largest absolute Gasteiger partial charge is 0.504 e. The molecule has 148 valence electrons. The van der Waals surface area contributed by atoms with Gasteiger partial charge >= 0.3 is 0 Å². The molecule has 0 atom stereocenters. The lowest BCUT2D eigenvalue weighted by molar-refractivity contribution is -0.384. The second-order valence-corrected chi connectivity index (χ2v) is 5.83. The minimum absolute atomic E-state index is 0.136. The van der Waals surface area contributed by atoms with E-state index < -0.39 is 16.5 Å². The number of nitriles is 1. The van der Waals surface area contributed by atoms with Crippen LogP contribution in [0.3, 0.4) is 0 Å². The van der Waals surface area contributed by atoms with E-state index in [2.05, 4.69) is 5.32 Å². The van der Waals surface area contributed by atoms with E-state index in [-0.39, 0.29) is 47.5 Å². The third kappa shape index (κ3) is 4.19. The lowest BCUT2D eigenvalue weighted by atomic mass is 10.1. The molecule has 0 unspecified atom stereocenters. The number of nitro groups is 1. The Labute approximate surface area is 164 Å². The van der Waals surface area contributed by atoms with E-state index in [1.54, 1.807) is 6.07 Å². The number of phenols is 1. The molecule has 1 aliphatic rings. The second-order valence-electron chi connectivity index (χ2n) is 5.83. The van der Waals surface area contributed by atoms with Gasteiger partial charge in [0.15, 0.2) is 23.0 Å². The predicted molar refractivity (Wildman–Crippen MR) is 101 cm³/mol. The average Bonchev–Trinajstić information content (AvgIpc) is 2.71. The standard InChI is InChI=1S/C19H15N3O7/c1-27-16-3-2-11(7-15(16)23)6-12(10-20)19(24)21-13-8-17-18(29-5-4-28-17)9-14(13)22(25)26/h2-3,6-9,23H,4-5H2,1H3,(H,21,24). The molecule has 0 saturated heterocycles. The van der Waals surface area contributed by atoms with Crippen LogP contribution in [0.25, 0.3) is 6.08 Å². The van der Waals surface area contributed by atoms with Crippen LogP contribution >= 0.6 is 0 Å². The van der Waals surface area contributed by atoms with E-state index in [4.69, 9.17) is 14.2 Å². The van der Waals surface area contributed by atoms with Gasteiger partial charge in [-0.2, -0.15) is 5.26 Å². The zero-order chi connectivity index (χ0) is 21.0. The summed E-state index contributed by atoms with van der Waals surface area (Å²) in [4.78, 5) is 23.2. The lowest BCUT2D eigenvalue weighted by Crippen LogP contribution is -2.18. The van der Waals surface area contributed by atoms with Crippen molar-refractivity contribution in [2.45, 2.75) is 0 Å². The topological polar surface area (TPSA) is 144 Å².